The molecule has 0 bridgehead atoms. The topological polar surface area (TPSA) is 50.3 Å². The average Bonchev–Trinajstić information content (AvgIpc) is 2.57. The van der Waals surface area contributed by atoms with Crippen LogP contribution >= 0.6 is 0 Å². The van der Waals surface area contributed by atoms with Crippen LogP contribution in [0.15, 0.2) is 36.5 Å². The van der Waals surface area contributed by atoms with Gasteiger partial charge in [-0.15, -0.1) is 0 Å². The Morgan fingerprint density at radius 3 is 2.96 bits per heavy atom. The second-order valence-electron chi connectivity index (χ2n) is 6.25. The normalized spacial score (nSPS) is 18.8. The summed E-state index contributed by atoms with van der Waals surface area (Å²) in [4.78, 5) is 11.2. The van der Waals surface area contributed by atoms with Crippen LogP contribution in [0.25, 0.3) is 0 Å². The van der Waals surface area contributed by atoms with Crippen LogP contribution in [0.5, 0.6) is 0 Å². The third-order valence-electron chi connectivity index (χ3n) is 3.98. The molecule has 2 aromatic rings. The van der Waals surface area contributed by atoms with Gasteiger partial charge in [-0.3, -0.25) is 4.90 Å². The van der Waals surface area contributed by atoms with Gasteiger partial charge in [-0.25, -0.2) is 14.4 Å². The van der Waals surface area contributed by atoms with E-state index in [0.29, 0.717) is 37.2 Å². The van der Waals surface area contributed by atoms with Gasteiger partial charge in [0.25, 0.3) is 0 Å². The first-order chi connectivity index (χ1) is 11.6. The van der Waals surface area contributed by atoms with Crippen LogP contribution in [-0.2, 0) is 11.3 Å². The summed E-state index contributed by atoms with van der Waals surface area (Å²) in [7, 11) is 0. The third kappa shape index (κ3) is 4.07. The largest absolute Gasteiger partial charge is 0.378 e. The molecule has 1 aromatic heterocycles. The molecule has 24 heavy (non-hydrogen) atoms. The molecule has 0 spiro atoms. The Labute approximate surface area is 141 Å². The number of rotatable bonds is 5. The minimum absolute atomic E-state index is 0.0766. The van der Waals surface area contributed by atoms with Crippen molar-refractivity contribution in [2.24, 2.45) is 0 Å². The molecule has 0 radical (unpaired) electrons. The zero-order chi connectivity index (χ0) is 16.9. The molecule has 0 saturated carbocycles. The van der Waals surface area contributed by atoms with Gasteiger partial charge < -0.3 is 10.1 Å². The predicted octanol–water partition coefficient (Wildman–Crippen LogP) is 3.01. The third-order valence-corrected chi connectivity index (χ3v) is 3.98. The fourth-order valence-corrected chi connectivity index (χ4v) is 2.82. The molecule has 128 valence electrons. The lowest BCUT2D eigenvalue weighted by molar-refractivity contribution is -0.0163. The Kier molecular flexibility index (Phi) is 5.37. The lowest BCUT2D eigenvalue weighted by Crippen LogP contribution is -2.40. The summed E-state index contributed by atoms with van der Waals surface area (Å²) in [6, 6.07) is 8.96. The van der Waals surface area contributed by atoms with E-state index in [4.69, 9.17) is 4.74 Å². The number of anilines is 1. The maximum absolute atomic E-state index is 14.0. The Hall–Kier alpha value is -2.05. The number of ether oxygens (including phenoxy) is 1. The van der Waals surface area contributed by atoms with E-state index < -0.39 is 0 Å². The van der Waals surface area contributed by atoms with E-state index in [9.17, 15) is 4.39 Å². The van der Waals surface area contributed by atoms with Gasteiger partial charge in [-0.1, -0.05) is 18.2 Å². The summed E-state index contributed by atoms with van der Waals surface area (Å²) in [5.74, 6) is 1.32. The van der Waals surface area contributed by atoms with Crippen molar-refractivity contribution in [3.05, 3.63) is 53.7 Å². The Balaban J connectivity index is 1.81. The monoisotopic (exact) mass is 330 g/mol. The molecule has 6 heteroatoms. The summed E-state index contributed by atoms with van der Waals surface area (Å²) in [6.07, 6.45) is 1.75. The Bertz CT molecular complexity index is 680. The highest BCUT2D eigenvalue weighted by Crippen LogP contribution is 2.25. The predicted molar refractivity (Wildman–Crippen MR) is 91.2 cm³/mol. The van der Waals surface area contributed by atoms with E-state index >= 15 is 0 Å². The molecule has 3 rings (SSSR count). The summed E-state index contributed by atoms with van der Waals surface area (Å²) in [5, 5.41) is 3.29. The van der Waals surface area contributed by atoms with Crippen molar-refractivity contribution in [2.75, 3.05) is 25.1 Å². The zero-order valence-corrected chi connectivity index (χ0v) is 14.1. The van der Waals surface area contributed by atoms with E-state index in [0.717, 1.165) is 12.4 Å². The first kappa shape index (κ1) is 16.8. The van der Waals surface area contributed by atoms with Crippen molar-refractivity contribution in [2.45, 2.75) is 32.5 Å². The number of aromatic nitrogens is 2. The number of benzene rings is 1. The lowest BCUT2D eigenvalue weighted by Gasteiger charge is -2.34. The number of hydrogen-bond donors (Lipinski definition) is 1. The van der Waals surface area contributed by atoms with E-state index in [2.05, 4.69) is 34.0 Å². The molecule has 1 aliphatic heterocycles. The standard InChI is InChI=1S/C18H23FN4O/c1-13(2)21-17-7-8-20-18(22-17)16-12-24-10-9-23(16)11-14-5-3-4-6-15(14)19/h3-8,13,16H,9-12H2,1-2H3,(H,20,21,22)/t16-/m0/s1. The SMILES string of the molecule is CC(C)Nc1ccnc([C@@H]2COCCN2Cc2ccccc2F)n1. The highest BCUT2D eigenvalue weighted by molar-refractivity contribution is 5.34. The summed E-state index contributed by atoms with van der Waals surface area (Å²) >= 11 is 0. The second kappa shape index (κ2) is 7.68. The smallest absolute Gasteiger partial charge is 0.150 e. The molecule has 5 nitrogen and oxygen atoms in total. The van der Waals surface area contributed by atoms with E-state index in [-0.39, 0.29) is 11.9 Å². The number of morpholine rings is 1. The molecule has 1 atom stereocenters. The average molecular weight is 330 g/mol. The van der Waals surface area contributed by atoms with E-state index in [1.54, 1.807) is 12.3 Å². The van der Waals surface area contributed by atoms with E-state index in [1.807, 2.05) is 18.2 Å². The van der Waals surface area contributed by atoms with E-state index in [1.165, 1.54) is 6.07 Å². The van der Waals surface area contributed by atoms with Crippen LogP contribution in [0.3, 0.4) is 0 Å². The minimum Gasteiger partial charge on any atom is -0.378 e. The van der Waals surface area contributed by atoms with Crippen LogP contribution in [0.4, 0.5) is 10.2 Å². The molecule has 1 N–H and O–H groups in total. The van der Waals surface area contributed by atoms with Crippen molar-refractivity contribution < 1.29 is 9.13 Å². The lowest BCUT2D eigenvalue weighted by atomic mass is 10.1. The van der Waals surface area contributed by atoms with Gasteiger partial charge in [-0.2, -0.15) is 0 Å². The highest BCUT2D eigenvalue weighted by Gasteiger charge is 2.27. The first-order valence-electron chi connectivity index (χ1n) is 8.28. The van der Waals surface area contributed by atoms with Crippen molar-refractivity contribution in [3.63, 3.8) is 0 Å². The summed E-state index contributed by atoms with van der Waals surface area (Å²) in [5.41, 5.74) is 0.681. The van der Waals surface area contributed by atoms with Gasteiger partial charge in [0.15, 0.2) is 0 Å². The quantitative estimate of drug-likeness (QED) is 0.913. The van der Waals surface area contributed by atoms with Crippen molar-refractivity contribution in [3.8, 4) is 0 Å². The molecule has 0 unspecified atom stereocenters. The molecular formula is C18H23FN4O. The van der Waals surface area contributed by atoms with Crippen LogP contribution < -0.4 is 5.32 Å². The molecule has 1 aromatic carbocycles. The van der Waals surface area contributed by atoms with Gasteiger partial charge in [0.1, 0.15) is 17.5 Å². The second-order valence-corrected chi connectivity index (χ2v) is 6.25. The van der Waals surface area contributed by atoms with Gasteiger partial charge >= 0.3 is 0 Å². The number of hydrogen-bond acceptors (Lipinski definition) is 5. The molecule has 1 fully saturated rings. The number of nitrogens with one attached hydrogen (secondary N) is 1. The Morgan fingerprint density at radius 2 is 2.17 bits per heavy atom. The van der Waals surface area contributed by atoms with Crippen molar-refractivity contribution >= 4 is 5.82 Å². The maximum atomic E-state index is 14.0. The number of halogens is 1. The molecule has 1 aliphatic rings. The number of nitrogens with zero attached hydrogens (tertiary/aromatic N) is 3. The fourth-order valence-electron chi connectivity index (χ4n) is 2.82. The first-order valence-corrected chi connectivity index (χ1v) is 8.28. The fraction of sp³-hybridized carbons (Fsp3) is 0.444. The van der Waals surface area contributed by atoms with Crippen LogP contribution in [0.2, 0.25) is 0 Å². The van der Waals surface area contributed by atoms with Crippen LogP contribution in [-0.4, -0.2) is 40.7 Å². The van der Waals surface area contributed by atoms with Crippen LogP contribution in [0.1, 0.15) is 31.3 Å². The van der Waals surface area contributed by atoms with Gasteiger partial charge in [-0.05, 0) is 26.0 Å². The Morgan fingerprint density at radius 1 is 1.33 bits per heavy atom. The minimum atomic E-state index is -0.182. The van der Waals surface area contributed by atoms with Gasteiger partial charge in [0, 0.05) is 30.9 Å². The molecule has 2 heterocycles. The van der Waals surface area contributed by atoms with Crippen molar-refractivity contribution in [1.29, 1.82) is 0 Å². The van der Waals surface area contributed by atoms with Gasteiger partial charge in [0.2, 0.25) is 0 Å². The molecule has 0 amide bonds. The maximum Gasteiger partial charge on any atom is 0.150 e. The highest BCUT2D eigenvalue weighted by atomic mass is 19.1. The van der Waals surface area contributed by atoms with Gasteiger partial charge in [0.05, 0.1) is 19.3 Å². The molecule has 0 aliphatic carbocycles. The molecular weight excluding hydrogens is 307 g/mol. The van der Waals surface area contributed by atoms with Crippen LogP contribution in [0, 0.1) is 5.82 Å². The molecule has 1 saturated heterocycles. The summed E-state index contributed by atoms with van der Waals surface area (Å²) < 4.78 is 19.6. The summed E-state index contributed by atoms with van der Waals surface area (Å²) in [6.45, 7) is 6.52. The zero-order valence-electron chi connectivity index (χ0n) is 14.1. The van der Waals surface area contributed by atoms with Crippen molar-refractivity contribution in [1.82, 2.24) is 14.9 Å².